The molecule has 2 saturated heterocycles. The van der Waals surface area contributed by atoms with E-state index in [1.165, 1.54) is 24.3 Å². The number of nitrogens with one attached hydrogen (secondary N) is 1. The molecule has 2 fully saturated rings. The number of nitrogens with zero attached hydrogens (tertiary/aromatic N) is 2. The molecule has 2 unspecified atom stereocenters. The van der Waals surface area contributed by atoms with Crippen LogP contribution in [0.4, 0.5) is 22.0 Å². The van der Waals surface area contributed by atoms with E-state index in [-0.39, 0.29) is 35.8 Å². The number of amides is 1. The zero-order chi connectivity index (χ0) is 37.0. The third kappa shape index (κ3) is 9.85. The second kappa shape index (κ2) is 15.8. The van der Waals surface area contributed by atoms with Crippen LogP contribution in [0, 0.1) is 5.82 Å². The standard InChI is InChI=1S/C40H38F5N3O5/c41-29-5-11-32(12-6-29)50-31-7-1-27(2-8-31)24-48-20-17-37(35(42)25-48)51-34-13-14-36-28(21-34)22-38(52-36)39(49)46-30-15-18-47(19-16-30)23-26-3-9-33(10-4-26)53-40(43,44)45/h1-14,21-22,30,35,37H,15-20,23-25H2,(H,46,49). The fourth-order valence-corrected chi connectivity index (χ4v) is 6.71. The average Bonchev–Trinajstić information content (AvgIpc) is 3.56. The number of carbonyl (C=O) groups is 1. The molecule has 53 heavy (non-hydrogen) atoms. The first-order chi connectivity index (χ1) is 25.5. The number of rotatable bonds is 11. The fraction of sp³-hybridized carbons (Fsp3) is 0.325. The molecule has 2 aliphatic rings. The molecule has 2 atom stereocenters. The Balaban J connectivity index is 0.854. The van der Waals surface area contributed by atoms with Crippen molar-refractivity contribution in [2.45, 2.75) is 57.0 Å². The molecule has 2 aliphatic heterocycles. The minimum atomic E-state index is -4.73. The number of ether oxygens (including phenoxy) is 3. The summed E-state index contributed by atoms with van der Waals surface area (Å²) in [7, 11) is 0. The van der Waals surface area contributed by atoms with Gasteiger partial charge in [0.2, 0.25) is 0 Å². The number of hydrogen-bond donors (Lipinski definition) is 1. The van der Waals surface area contributed by atoms with E-state index in [2.05, 4.69) is 15.0 Å². The van der Waals surface area contributed by atoms with Crippen LogP contribution in [0.2, 0.25) is 0 Å². The van der Waals surface area contributed by atoms with Gasteiger partial charge in [-0.05, 0) is 103 Å². The monoisotopic (exact) mass is 735 g/mol. The number of hydrogen-bond acceptors (Lipinski definition) is 7. The molecule has 0 bridgehead atoms. The topological polar surface area (TPSA) is 76.4 Å². The fourth-order valence-electron chi connectivity index (χ4n) is 6.71. The Bertz CT molecular complexity index is 1980. The predicted octanol–water partition coefficient (Wildman–Crippen LogP) is 8.65. The summed E-state index contributed by atoms with van der Waals surface area (Å²) in [5.74, 6) is 0.930. The van der Waals surface area contributed by atoms with Crippen molar-refractivity contribution in [3.8, 4) is 23.0 Å². The molecular weight excluding hydrogens is 697 g/mol. The lowest BCUT2D eigenvalue weighted by atomic mass is 10.0. The van der Waals surface area contributed by atoms with Crippen LogP contribution in [-0.2, 0) is 13.1 Å². The quantitative estimate of drug-likeness (QED) is 0.136. The lowest BCUT2D eigenvalue weighted by Gasteiger charge is -2.34. The molecule has 0 saturated carbocycles. The van der Waals surface area contributed by atoms with E-state index in [9.17, 15) is 22.4 Å². The maximum Gasteiger partial charge on any atom is 0.573 e. The summed E-state index contributed by atoms with van der Waals surface area (Å²) < 4.78 is 87.4. The van der Waals surface area contributed by atoms with Crippen molar-refractivity contribution >= 4 is 16.9 Å². The van der Waals surface area contributed by atoms with Gasteiger partial charge in [0.1, 0.15) is 46.7 Å². The maximum atomic E-state index is 15.3. The highest BCUT2D eigenvalue weighted by Crippen LogP contribution is 2.29. The highest BCUT2D eigenvalue weighted by atomic mass is 19.4. The number of alkyl halides is 4. The summed E-state index contributed by atoms with van der Waals surface area (Å²) in [4.78, 5) is 17.3. The summed E-state index contributed by atoms with van der Waals surface area (Å²) in [5, 5.41) is 3.72. The van der Waals surface area contributed by atoms with Crippen LogP contribution >= 0.6 is 0 Å². The first kappa shape index (κ1) is 36.2. The Morgan fingerprint density at radius 2 is 1.34 bits per heavy atom. The maximum absolute atomic E-state index is 15.3. The summed E-state index contributed by atoms with van der Waals surface area (Å²) in [6.07, 6.45) is -4.61. The molecular formula is C40H38F5N3O5. The molecule has 7 rings (SSSR count). The van der Waals surface area contributed by atoms with E-state index in [1.807, 2.05) is 29.2 Å². The van der Waals surface area contributed by atoms with Crippen molar-refractivity contribution in [2.24, 2.45) is 0 Å². The zero-order valence-corrected chi connectivity index (χ0v) is 28.7. The van der Waals surface area contributed by atoms with E-state index < -0.39 is 18.6 Å². The lowest BCUT2D eigenvalue weighted by Crippen LogP contribution is -2.46. The Morgan fingerprint density at radius 3 is 1.98 bits per heavy atom. The molecule has 1 aromatic heterocycles. The van der Waals surface area contributed by atoms with Crippen LogP contribution in [-0.4, -0.2) is 66.6 Å². The normalized spacial score (nSPS) is 18.9. The molecule has 0 radical (unpaired) electrons. The zero-order valence-electron chi connectivity index (χ0n) is 28.7. The molecule has 1 N–H and O–H groups in total. The van der Waals surface area contributed by atoms with Gasteiger partial charge in [-0.2, -0.15) is 0 Å². The Hall–Kier alpha value is -5.14. The first-order valence-corrected chi connectivity index (χ1v) is 17.5. The lowest BCUT2D eigenvalue weighted by molar-refractivity contribution is -0.274. The Morgan fingerprint density at radius 1 is 0.755 bits per heavy atom. The Kier molecular flexibility index (Phi) is 10.8. The SMILES string of the molecule is O=C(NC1CCN(Cc2ccc(OC(F)(F)F)cc2)CC1)c1cc2cc(OC3CCN(Cc4ccc(Oc5ccc(F)cc5)cc4)CC3F)ccc2o1. The van der Waals surface area contributed by atoms with E-state index in [0.717, 1.165) is 11.1 Å². The minimum Gasteiger partial charge on any atom is -0.487 e. The summed E-state index contributed by atoms with van der Waals surface area (Å²) in [5.41, 5.74) is 2.41. The van der Waals surface area contributed by atoms with Crippen molar-refractivity contribution in [2.75, 3.05) is 26.2 Å². The number of halogens is 5. The number of furan rings is 1. The van der Waals surface area contributed by atoms with Crippen LogP contribution < -0.4 is 19.5 Å². The highest BCUT2D eigenvalue weighted by Gasteiger charge is 2.32. The van der Waals surface area contributed by atoms with Gasteiger partial charge in [-0.15, -0.1) is 13.2 Å². The Labute approximate surface area is 303 Å². The van der Waals surface area contributed by atoms with Gasteiger partial charge in [0, 0.05) is 50.7 Å². The number of fused-ring (bicyclic) bond motifs is 1. The van der Waals surface area contributed by atoms with Crippen LogP contribution in [0.25, 0.3) is 11.0 Å². The largest absolute Gasteiger partial charge is 0.573 e. The second-order valence-electron chi connectivity index (χ2n) is 13.4. The summed E-state index contributed by atoms with van der Waals surface area (Å²) >= 11 is 0. The predicted molar refractivity (Wildman–Crippen MR) is 187 cm³/mol. The van der Waals surface area contributed by atoms with Gasteiger partial charge in [-0.25, -0.2) is 8.78 Å². The van der Waals surface area contributed by atoms with Gasteiger partial charge in [-0.1, -0.05) is 24.3 Å². The number of piperidine rings is 2. The van der Waals surface area contributed by atoms with Gasteiger partial charge in [0.15, 0.2) is 5.76 Å². The molecule has 4 aromatic carbocycles. The molecule has 8 nitrogen and oxygen atoms in total. The highest BCUT2D eigenvalue weighted by molar-refractivity contribution is 5.96. The number of carbonyl (C=O) groups excluding carboxylic acids is 1. The third-order valence-electron chi connectivity index (χ3n) is 9.43. The van der Waals surface area contributed by atoms with Gasteiger partial charge in [0.25, 0.3) is 5.91 Å². The minimum absolute atomic E-state index is 0.0537. The van der Waals surface area contributed by atoms with Gasteiger partial charge in [-0.3, -0.25) is 14.6 Å². The molecule has 13 heteroatoms. The molecule has 278 valence electrons. The summed E-state index contributed by atoms with van der Waals surface area (Å²) in [6.45, 7) is 3.47. The third-order valence-corrected chi connectivity index (χ3v) is 9.43. The smallest absolute Gasteiger partial charge is 0.487 e. The number of benzene rings is 4. The average molecular weight is 736 g/mol. The molecule has 0 spiro atoms. The van der Waals surface area contributed by atoms with Crippen LogP contribution in [0.5, 0.6) is 23.0 Å². The van der Waals surface area contributed by atoms with Crippen molar-refractivity contribution in [1.82, 2.24) is 15.1 Å². The summed E-state index contributed by atoms with van der Waals surface area (Å²) in [6, 6.07) is 26.0. The molecule has 1 amide bonds. The van der Waals surface area contributed by atoms with Gasteiger partial charge < -0.3 is 23.9 Å². The van der Waals surface area contributed by atoms with Crippen LogP contribution in [0.1, 0.15) is 40.9 Å². The first-order valence-electron chi connectivity index (χ1n) is 17.5. The van der Waals surface area contributed by atoms with Gasteiger partial charge >= 0.3 is 6.36 Å². The van der Waals surface area contributed by atoms with E-state index in [1.54, 1.807) is 48.5 Å². The van der Waals surface area contributed by atoms with Crippen LogP contribution in [0.3, 0.4) is 0 Å². The van der Waals surface area contributed by atoms with Crippen molar-refractivity contribution in [3.63, 3.8) is 0 Å². The van der Waals surface area contributed by atoms with E-state index in [0.29, 0.717) is 80.2 Å². The van der Waals surface area contributed by atoms with Crippen LogP contribution in [0.15, 0.2) is 101 Å². The number of likely N-dealkylation sites (tertiary alicyclic amines) is 2. The van der Waals surface area contributed by atoms with E-state index >= 15 is 4.39 Å². The molecule has 5 aromatic rings. The van der Waals surface area contributed by atoms with Crippen molar-refractivity contribution in [3.05, 3.63) is 120 Å². The second-order valence-corrected chi connectivity index (χ2v) is 13.4. The van der Waals surface area contributed by atoms with Crippen molar-refractivity contribution in [1.29, 1.82) is 0 Å². The van der Waals surface area contributed by atoms with Crippen molar-refractivity contribution < 1.29 is 45.4 Å². The van der Waals surface area contributed by atoms with E-state index in [4.69, 9.17) is 13.9 Å². The molecule has 3 heterocycles. The molecule has 0 aliphatic carbocycles. The van der Waals surface area contributed by atoms with Gasteiger partial charge in [0.05, 0.1) is 0 Å².